The minimum atomic E-state index is 0. The van der Waals surface area contributed by atoms with Gasteiger partial charge in [-0.15, -0.1) is 6.58 Å². The Morgan fingerprint density at radius 2 is 1.44 bits per heavy atom. The van der Waals surface area contributed by atoms with Crippen molar-refractivity contribution in [2.24, 2.45) is 0 Å². The lowest BCUT2D eigenvalue weighted by molar-refractivity contribution is -0.704. The quantitative estimate of drug-likeness (QED) is 0.185. The normalized spacial score (nSPS) is 10.7. The van der Waals surface area contributed by atoms with Crippen LogP contribution in [0.4, 0.5) is 0 Å². The van der Waals surface area contributed by atoms with E-state index in [4.69, 9.17) is 0 Å². The van der Waals surface area contributed by atoms with Gasteiger partial charge in [-0.3, -0.25) is 0 Å². The van der Waals surface area contributed by atoms with Crippen LogP contribution in [0.25, 0.3) is 0 Å². The molecule has 0 amide bonds. The Bertz CT molecular complexity index is 453. The Kier molecular flexibility index (Phi) is 18.4. The lowest BCUT2D eigenvalue weighted by Crippen LogP contribution is -3.00. The van der Waals surface area contributed by atoms with Gasteiger partial charge >= 0.3 is 0 Å². The lowest BCUT2D eigenvalue weighted by Gasteiger charge is -2.05. The highest BCUT2D eigenvalue weighted by Gasteiger charge is 2.15. The molecule has 1 rings (SSSR count). The highest BCUT2D eigenvalue weighted by atomic mass is 79.9. The predicted octanol–water partition coefficient (Wildman–Crippen LogP) is 4.01. The van der Waals surface area contributed by atoms with Crippen molar-refractivity contribution in [2.75, 3.05) is 0 Å². The van der Waals surface area contributed by atoms with Crippen LogP contribution in [0.2, 0.25) is 0 Å². The summed E-state index contributed by atoms with van der Waals surface area (Å²) in [5, 5.41) is 0. The molecule has 3 heteroatoms. The number of hydrogen-bond donors (Lipinski definition) is 0. The topological polar surface area (TPSA) is 8.81 Å². The van der Waals surface area contributed by atoms with Crippen molar-refractivity contribution in [1.82, 2.24) is 4.57 Å². The zero-order chi connectivity index (χ0) is 18.9. The molecule has 0 saturated carbocycles. The van der Waals surface area contributed by atoms with Crippen LogP contribution in [0.1, 0.15) is 110 Å². The Morgan fingerprint density at radius 3 is 2.07 bits per heavy atom. The predicted molar refractivity (Wildman–Crippen MR) is 115 cm³/mol. The highest BCUT2D eigenvalue weighted by Crippen LogP contribution is 2.11. The Morgan fingerprint density at radius 1 is 0.852 bits per heavy atom. The molecule has 0 atom stereocenters. The van der Waals surface area contributed by atoms with Crippen LogP contribution in [-0.2, 0) is 19.5 Å². The molecule has 0 radical (unpaired) electrons. The smallest absolute Gasteiger partial charge is 0.256 e. The first kappa shape index (κ1) is 26.4. The van der Waals surface area contributed by atoms with Gasteiger partial charge in [0.05, 0.1) is 13.1 Å². The van der Waals surface area contributed by atoms with Crippen molar-refractivity contribution in [1.29, 1.82) is 0 Å². The van der Waals surface area contributed by atoms with Gasteiger partial charge < -0.3 is 17.0 Å². The van der Waals surface area contributed by atoms with Crippen LogP contribution in [0.5, 0.6) is 0 Å². The van der Waals surface area contributed by atoms with Crippen molar-refractivity contribution < 1.29 is 21.5 Å². The Labute approximate surface area is 180 Å². The van der Waals surface area contributed by atoms with E-state index in [2.05, 4.69) is 42.0 Å². The standard InChI is InChI=1S/C24H45N2.BrH/c1-4-7-9-11-13-14-15-17-19-21-26-23-22-25(6-3)24(26)20-18-16-12-10-8-5-2;/h4,22-23H,1,5-21H2,2-3H3;1H/q+1;/p-1. The number of allylic oxidation sites excluding steroid dienone is 1. The molecule has 0 aliphatic carbocycles. The van der Waals surface area contributed by atoms with E-state index in [-0.39, 0.29) is 17.0 Å². The maximum absolute atomic E-state index is 3.79. The number of hydrogen-bond acceptors (Lipinski definition) is 0. The molecule has 1 aromatic heterocycles. The van der Waals surface area contributed by atoms with Gasteiger partial charge in [0.2, 0.25) is 0 Å². The van der Waals surface area contributed by atoms with Crippen molar-refractivity contribution in [3.63, 3.8) is 0 Å². The molecule has 0 aliphatic heterocycles. The van der Waals surface area contributed by atoms with Crippen LogP contribution in [0.3, 0.4) is 0 Å². The molecule has 2 nitrogen and oxygen atoms in total. The van der Waals surface area contributed by atoms with Gasteiger partial charge in [-0.2, -0.15) is 0 Å². The summed E-state index contributed by atoms with van der Waals surface area (Å²) in [5.41, 5.74) is 0. The molecule has 1 aromatic rings. The molecular formula is C24H45BrN2. The van der Waals surface area contributed by atoms with Gasteiger partial charge in [-0.1, -0.05) is 70.8 Å². The maximum Gasteiger partial charge on any atom is 0.256 e. The summed E-state index contributed by atoms with van der Waals surface area (Å²) in [6.07, 6.45) is 27.0. The fraction of sp³-hybridized carbons (Fsp3) is 0.792. The van der Waals surface area contributed by atoms with Crippen LogP contribution in [0.15, 0.2) is 25.0 Å². The molecular weight excluding hydrogens is 396 g/mol. The van der Waals surface area contributed by atoms with Gasteiger partial charge in [-0.25, -0.2) is 9.13 Å². The molecule has 158 valence electrons. The van der Waals surface area contributed by atoms with E-state index in [1.165, 1.54) is 103 Å². The second-order valence-electron chi connectivity index (χ2n) is 7.76. The first-order chi connectivity index (χ1) is 12.8. The second kappa shape index (κ2) is 18.8. The zero-order valence-electron chi connectivity index (χ0n) is 18.2. The number of aryl methyl sites for hydroxylation is 2. The minimum absolute atomic E-state index is 0. The van der Waals surface area contributed by atoms with E-state index in [0.717, 1.165) is 6.54 Å². The van der Waals surface area contributed by atoms with Crippen molar-refractivity contribution >= 4 is 0 Å². The lowest BCUT2D eigenvalue weighted by atomic mass is 10.1. The molecule has 0 unspecified atom stereocenters. The van der Waals surface area contributed by atoms with E-state index >= 15 is 0 Å². The van der Waals surface area contributed by atoms with E-state index in [1.807, 2.05) is 6.08 Å². The van der Waals surface area contributed by atoms with Crippen molar-refractivity contribution in [3.05, 3.63) is 30.9 Å². The monoisotopic (exact) mass is 440 g/mol. The van der Waals surface area contributed by atoms with Crippen molar-refractivity contribution in [2.45, 2.75) is 123 Å². The summed E-state index contributed by atoms with van der Waals surface area (Å²) in [6.45, 7) is 10.7. The molecule has 0 fully saturated rings. The van der Waals surface area contributed by atoms with E-state index in [1.54, 1.807) is 5.82 Å². The fourth-order valence-corrected chi connectivity index (χ4v) is 3.79. The average molecular weight is 442 g/mol. The van der Waals surface area contributed by atoms with Gasteiger partial charge in [0.25, 0.3) is 5.82 Å². The second-order valence-corrected chi connectivity index (χ2v) is 7.76. The third-order valence-electron chi connectivity index (χ3n) is 5.49. The Balaban J connectivity index is 0.00000676. The summed E-state index contributed by atoms with van der Waals surface area (Å²) >= 11 is 0. The van der Waals surface area contributed by atoms with Gasteiger partial charge in [0, 0.05) is 6.42 Å². The van der Waals surface area contributed by atoms with Crippen LogP contribution >= 0.6 is 0 Å². The molecule has 0 aliphatic rings. The largest absolute Gasteiger partial charge is 1.00 e. The third kappa shape index (κ3) is 12.5. The van der Waals surface area contributed by atoms with Gasteiger partial charge in [0.15, 0.2) is 0 Å². The number of unbranched alkanes of at least 4 members (excludes halogenated alkanes) is 12. The Hall–Kier alpha value is -0.570. The zero-order valence-corrected chi connectivity index (χ0v) is 19.8. The minimum Gasteiger partial charge on any atom is -1.00 e. The molecule has 0 bridgehead atoms. The molecule has 1 heterocycles. The number of nitrogens with zero attached hydrogens (tertiary/aromatic N) is 2. The number of imidazole rings is 1. The third-order valence-corrected chi connectivity index (χ3v) is 5.49. The number of halogens is 1. The molecule has 0 N–H and O–H groups in total. The van der Waals surface area contributed by atoms with Crippen LogP contribution in [-0.4, -0.2) is 4.57 Å². The summed E-state index contributed by atoms with van der Waals surface area (Å²) in [7, 11) is 0. The van der Waals surface area contributed by atoms with E-state index < -0.39 is 0 Å². The highest BCUT2D eigenvalue weighted by molar-refractivity contribution is 4.83. The first-order valence-corrected chi connectivity index (χ1v) is 11.5. The summed E-state index contributed by atoms with van der Waals surface area (Å²) in [6, 6.07) is 0. The summed E-state index contributed by atoms with van der Waals surface area (Å²) in [5.74, 6) is 1.55. The molecule has 0 spiro atoms. The first-order valence-electron chi connectivity index (χ1n) is 11.5. The maximum atomic E-state index is 3.79. The summed E-state index contributed by atoms with van der Waals surface area (Å²) < 4.78 is 4.98. The average Bonchev–Trinajstić information content (AvgIpc) is 3.05. The van der Waals surface area contributed by atoms with Gasteiger partial charge in [0.1, 0.15) is 12.4 Å². The summed E-state index contributed by atoms with van der Waals surface area (Å²) in [4.78, 5) is 0. The SMILES string of the molecule is C=CCCCCCCCCC[n+]1ccn(CC)c1CCCCCCCC.[Br-]. The van der Waals surface area contributed by atoms with E-state index in [9.17, 15) is 0 Å². The number of rotatable bonds is 18. The van der Waals surface area contributed by atoms with Crippen molar-refractivity contribution in [3.8, 4) is 0 Å². The van der Waals surface area contributed by atoms with E-state index in [0.29, 0.717) is 0 Å². The molecule has 0 saturated heterocycles. The molecule has 27 heavy (non-hydrogen) atoms. The van der Waals surface area contributed by atoms with Gasteiger partial charge in [-0.05, 0) is 39.0 Å². The molecule has 0 aromatic carbocycles. The van der Waals surface area contributed by atoms with Crippen LogP contribution < -0.4 is 21.5 Å². The van der Waals surface area contributed by atoms with Crippen LogP contribution in [0, 0.1) is 0 Å². The number of aromatic nitrogens is 2. The fourth-order valence-electron chi connectivity index (χ4n) is 3.79.